The molecule has 1 aliphatic rings. The first-order valence-corrected chi connectivity index (χ1v) is 12.6. The summed E-state index contributed by atoms with van der Waals surface area (Å²) in [7, 11) is -0.695. The number of nitrogens with zero attached hydrogens (tertiary/aromatic N) is 1. The topological polar surface area (TPSA) is 39.3 Å². The van der Waals surface area contributed by atoms with E-state index in [0.717, 1.165) is 0 Å². The molecule has 8 heteroatoms. The molecule has 1 aliphatic heterocycles. The molecule has 15 heavy (non-hydrogen) atoms. The van der Waals surface area contributed by atoms with Crippen LogP contribution in [0.2, 0.25) is 0 Å². The van der Waals surface area contributed by atoms with E-state index in [9.17, 15) is 0 Å². The monoisotopic (exact) mass is 292 g/mol. The summed E-state index contributed by atoms with van der Waals surface area (Å²) in [5, 5.41) is 0. The van der Waals surface area contributed by atoms with Crippen LogP contribution in [-0.2, 0) is 0 Å². The lowest BCUT2D eigenvalue weighted by Gasteiger charge is -2.63. The van der Waals surface area contributed by atoms with Crippen molar-refractivity contribution in [3.8, 4) is 0 Å². The van der Waals surface area contributed by atoms with Crippen molar-refractivity contribution in [2.24, 2.45) is 0 Å². The third-order valence-corrected chi connectivity index (χ3v) is 15.1. The summed E-state index contributed by atoms with van der Waals surface area (Å²) in [6.07, 6.45) is 13.9. The Morgan fingerprint density at radius 3 is 1.67 bits per heavy atom. The molecule has 1 fully saturated rings. The van der Waals surface area contributed by atoms with E-state index in [4.69, 9.17) is 0 Å². The fraction of sp³-hybridized carbons (Fsp3) is 1.00. The van der Waals surface area contributed by atoms with Gasteiger partial charge in [0.15, 0.2) is 0 Å². The maximum absolute atomic E-state index is 3.76. The van der Waals surface area contributed by atoms with E-state index in [0.29, 0.717) is 0 Å². The number of nitrogens with one attached hydrogen (secondary N) is 3. The second kappa shape index (κ2) is 4.49. The summed E-state index contributed by atoms with van der Waals surface area (Å²) < 4.78 is 13.2. The van der Waals surface area contributed by atoms with Gasteiger partial charge in [-0.2, -0.15) is 0 Å². The normalized spacial score (nSPS) is 35.4. The van der Waals surface area contributed by atoms with Gasteiger partial charge in [-0.15, -0.1) is 34.3 Å². The van der Waals surface area contributed by atoms with Gasteiger partial charge in [0.05, 0.1) is 0 Å². The molecule has 0 radical (unpaired) electrons. The van der Waals surface area contributed by atoms with Crippen LogP contribution in [0.25, 0.3) is 0 Å². The fourth-order valence-corrected chi connectivity index (χ4v) is 17.8. The van der Waals surface area contributed by atoms with Crippen LogP contribution in [0, 0.1) is 0 Å². The van der Waals surface area contributed by atoms with Gasteiger partial charge in [0.2, 0.25) is 0 Å². The third kappa shape index (κ3) is 3.35. The van der Waals surface area contributed by atoms with Gasteiger partial charge >= 0.3 is 0 Å². The molecule has 1 rings (SSSR count). The van der Waals surface area contributed by atoms with Gasteiger partial charge in [-0.1, -0.05) is 0 Å². The molecule has 1 saturated heterocycles. The first kappa shape index (κ1) is 14.3. The predicted octanol–water partition coefficient (Wildman–Crippen LogP) is 1.95. The Balaban J connectivity index is 2.95. The van der Waals surface area contributed by atoms with Crippen molar-refractivity contribution in [2.75, 3.05) is 44.6 Å². The highest BCUT2D eigenvalue weighted by atomic mass is 32.4. The molecule has 0 unspecified atom stereocenters. The average Bonchev–Trinajstić information content (AvgIpc) is 1.92. The van der Waals surface area contributed by atoms with E-state index >= 15 is 0 Å². The molecule has 1 heterocycles. The molecule has 0 saturated carbocycles. The molecule has 0 bridgehead atoms. The van der Waals surface area contributed by atoms with Crippen molar-refractivity contribution in [1.29, 1.82) is 0 Å². The van der Waals surface area contributed by atoms with Crippen LogP contribution in [-0.4, -0.2) is 47.7 Å². The second-order valence-corrected chi connectivity index (χ2v) is 16.0. The van der Waals surface area contributed by atoms with Gasteiger partial charge in [-0.3, -0.25) is 4.72 Å². The first-order chi connectivity index (χ1) is 6.61. The highest BCUT2D eigenvalue weighted by Gasteiger charge is 2.41. The summed E-state index contributed by atoms with van der Waals surface area (Å²) in [4.78, 5) is 0. The molecule has 0 amide bonds. The van der Waals surface area contributed by atoms with Crippen LogP contribution in [0.5, 0.6) is 0 Å². The Morgan fingerprint density at radius 2 is 1.33 bits per heavy atom. The summed E-state index contributed by atoms with van der Waals surface area (Å²) in [6.45, 7) is 0. The summed E-state index contributed by atoms with van der Waals surface area (Å²) in [5.41, 5.74) is 0. The van der Waals surface area contributed by atoms with Crippen molar-refractivity contribution in [3.63, 3.8) is 0 Å². The quantitative estimate of drug-likeness (QED) is 0.679. The zero-order valence-corrected chi connectivity index (χ0v) is 13.8. The van der Waals surface area contributed by atoms with Gasteiger partial charge in [0, 0.05) is 12.1 Å². The smallest absolute Gasteiger partial charge is 0.0273 e. The summed E-state index contributed by atoms with van der Waals surface area (Å²) >= 11 is 1.71. The van der Waals surface area contributed by atoms with Crippen LogP contribution < -0.4 is 13.0 Å². The van der Waals surface area contributed by atoms with Crippen molar-refractivity contribution < 1.29 is 0 Å². The second-order valence-electron chi connectivity index (χ2n) is 4.56. The van der Waals surface area contributed by atoms with Crippen LogP contribution >= 0.6 is 43.3 Å². The Morgan fingerprint density at radius 1 is 0.933 bits per heavy atom. The molecule has 96 valence electrons. The van der Waals surface area contributed by atoms with Gasteiger partial charge in [-0.25, -0.2) is 8.25 Å². The summed E-state index contributed by atoms with van der Waals surface area (Å²) in [5.74, 6) is 0. The molecule has 0 spiro atoms. The van der Waals surface area contributed by atoms with Crippen LogP contribution in [0.3, 0.4) is 0 Å². The largest absolute Gasteiger partial charge is 0.252 e. The lowest BCUT2D eigenvalue weighted by atomic mass is 11.6. The minimum Gasteiger partial charge on any atom is -0.252 e. The van der Waals surface area contributed by atoms with Crippen LogP contribution in [0.4, 0.5) is 0 Å². The van der Waals surface area contributed by atoms with Gasteiger partial charge in [0.25, 0.3) is 0 Å². The van der Waals surface area contributed by atoms with Crippen molar-refractivity contribution in [1.82, 2.24) is 16.1 Å². The summed E-state index contributed by atoms with van der Waals surface area (Å²) in [6, 6.07) is 0. The molecule has 3 N–H and O–H groups in total. The van der Waals surface area contributed by atoms with Crippen LogP contribution in [0.1, 0.15) is 0 Å². The molecule has 0 aromatic rings. The van der Waals surface area contributed by atoms with Crippen molar-refractivity contribution in [2.45, 2.75) is 0 Å². The lowest BCUT2D eigenvalue weighted by molar-refractivity contribution is 1.10. The van der Waals surface area contributed by atoms with Gasteiger partial charge in [0.1, 0.15) is 0 Å². The Kier molecular flexibility index (Phi) is 4.28. The Bertz CT molecular complexity index is 223. The van der Waals surface area contributed by atoms with Gasteiger partial charge in [-0.05, 0) is 44.6 Å². The molecule has 0 aromatic heterocycles. The van der Waals surface area contributed by atoms with E-state index in [1.165, 1.54) is 0 Å². The standard InChI is InChI=1S/C7H24N4S4/c1-8-12-11-14(4,5)9-13(2,3)10-15(11,6)7/h8-10H,1-7H3. The first-order valence-electron chi connectivity index (χ1n) is 4.52. The van der Waals surface area contributed by atoms with E-state index in [-0.39, 0.29) is 0 Å². The number of hydrogen-bond donors (Lipinski definition) is 3. The highest BCUT2D eigenvalue weighted by molar-refractivity contribution is 8.60. The third-order valence-electron chi connectivity index (χ3n) is 1.74. The predicted molar refractivity (Wildman–Crippen MR) is 83.1 cm³/mol. The zero-order valence-electron chi connectivity index (χ0n) is 10.6. The number of hydrogen-bond acceptors (Lipinski definition) is 5. The highest BCUT2D eigenvalue weighted by Crippen LogP contribution is 2.70. The number of rotatable bonds is 2. The molecular formula is C7H24N4S4. The Labute approximate surface area is 104 Å². The molecule has 0 aliphatic carbocycles. The van der Waals surface area contributed by atoms with E-state index < -0.39 is 31.2 Å². The molecule has 0 atom stereocenters. The molecular weight excluding hydrogens is 268 g/mol. The van der Waals surface area contributed by atoms with Crippen molar-refractivity contribution >= 4 is 43.3 Å². The molecule has 4 nitrogen and oxygen atoms in total. The van der Waals surface area contributed by atoms with E-state index in [1.54, 1.807) is 12.1 Å². The Hall–Kier alpha value is 1.24. The fourth-order valence-electron chi connectivity index (χ4n) is 1.82. The minimum absolute atomic E-state index is 0.858. The van der Waals surface area contributed by atoms with E-state index in [1.807, 2.05) is 7.05 Å². The van der Waals surface area contributed by atoms with Gasteiger partial charge < -0.3 is 0 Å². The van der Waals surface area contributed by atoms with E-state index in [2.05, 4.69) is 53.6 Å². The maximum Gasteiger partial charge on any atom is 0.0273 e. The van der Waals surface area contributed by atoms with Crippen molar-refractivity contribution in [3.05, 3.63) is 0 Å². The van der Waals surface area contributed by atoms with Crippen LogP contribution in [0.15, 0.2) is 0 Å². The minimum atomic E-state index is -0.906. The molecule has 0 aromatic carbocycles. The zero-order chi connectivity index (χ0) is 11.9. The SMILES string of the molecule is CNSN1S(C)(C)NS(C)(C)NS1(C)C. The lowest BCUT2D eigenvalue weighted by Crippen LogP contribution is -2.49. The maximum atomic E-state index is 3.76. The average molecular weight is 293 g/mol.